The molecule has 0 aliphatic heterocycles. The van der Waals surface area contributed by atoms with E-state index in [1.54, 1.807) is 0 Å². The molecule has 0 amide bonds. The van der Waals surface area contributed by atoms with Crippen molar-refractivity contribution in [3.8, 4) is 0 Å². The molecule has 6 nitrogen and oxygen atoms in total. The van der Waals surface area contributed by atoms with Gasteiger partial charge in [-0.3, -0.25) is 14.4 Å². The lowest BCUT2D eigenvalue weighted by atomic mass is 10.0. The van der Waals surface area contributed by atoms with Gasteiger partial charge in [0, 0.05) is 19.3 Å². The van der Waals surface area contributed by atoms with E-state index in [1.165, 1.54) is 148 Å². The zero-order valence-corrected chi connectivity index (χ0v) is 54.4. The van der Waals surface area contributed by atoms with E-state index >= 15 is 0 Å². The Balaban J connectivity index is 4.33. The average molecular weight is 1150 g/mol. The molecule has 0 aromatic rings. The van der Waals surface area contributed by atoms with Gasteiger partial charge in [0.2, 0.25) is 0 Å². The maximum absolute atomic E-state index is 13.0. The van der Waals surface area contributed by atoms with Crippen molar-refractivity contribution in [3.05, 3.63) is 122 Å². The Kier molecular flexibility index (Phi) is 66.7. The lowest BCUT2D eigenvalue weighted by Crippen LogP contribution is -2.30. The highest BCUT2D eigenvalue weighted by Crippen LogP contribution is 2.16. The summed E-state index contributed by atoms with van der Waals surface area (Å²) in [6.45, 7) is 6.47. The molecule has 1 unspecified atom stereocenters. The number of carbonyl (C=O) groups excluding carboxylic acids is 3. The summed E-state index contributed by atoms with van der Waals surface area (Å²) < 4.78 is 17.0. The summed E-state index contributed by atoms with van der Waals surface area (Å²) in [5.41, 5.74) is 0. The van der Waals surface area contributed by atoms with Crippen LogP contribution in [0, 0.1) is 0 Å². The van der Waals surface area contributed by atoms with Gasteiger partial charge in [0.05, 0.1) is 0 Å². The third kappa shape index (κ3) is 68.5. The van der Waals surface area contributed by atoms with E-state index < -0.39 is 6.10 Å². The Bertz CT molecular complexity index is 1700. The van der Waals surface area contributed by atoms with Crippen LogP contribution in [0.4, 0.5) is 0 Å². The second-order valence-electron chi connectivity index (χ2n) is 23.1. The maximum atomic E-state index is 13.0. The van der Waals surface area contributed by atoms with Gasteiger partial charge in [0.1, 0.15) is 13.2 Å². The molecule has 0 aromatic heterocycles. The first-order valence-corrected chi connectivity index (χ1v) is 35.0. The van der Waals surface area contributed by atoms with Gasteiger partial charge < -0.3 is 14.2 Å². The predicted octanol–water partition coefficient (Wildman–Crippen LogP) is 24.3. The van der Waals surface area contributed by atoms with Crippen molar-refractivity contribution in [1.82, 2.24) is 0 Å². The highest BCUT2D eigenvalue weighted by molar-refractivity contribution is 5.71. The molecular formula is C77H130O6. The van der Waals surface area contributed by atoms with Crippen LogP contribution in [0.3, 0.4) is 0 Å². The average Bonchev–Trinajstić information content (AvgIpc) is 3.49. The molecule has 0 bridgehead atoms. The number of carbonyl (C=O) groups is 3. The third-order valence-electron chi connectivity index (χ3n) is 14.9. The van der Waals surface area contributed by atoms with Crippen LogP contribution in [0.25, 0.3) is 0 Å². The number of hydrogen-bond acceptors (Lipinski definition) is 6. The Hall–Kier alpha value is -4.19. The third-order valence-corrected chi connectivity index (χ3v) is 14.9. The van der Waals surface area contributed by atoms with E-state index in [0.717, 1.165) is 141 Å². The van der Waals surface area contributed by atoms with Crippen molar-refractivity contribution >= 4 is 17.9 Å². The van der Waals surface area contributed by atoms with E-state index in [-0.39, 0.29) is 31.1 Å². The van der Waals surface area contributed by atoms with Crippen LogP contribution in [0.2, 0.25) is 0 Å². The molecule has 0 fully saturated rings. The van der Waals surface area contributed by atoms with Crippen LogP contribution in [0.1, 0.15) is 329 Å². The largest absolute Gasteiger partial charge is 0.462 e. The van der Waals surface area contributed by atoms with E-state index in [0.29, 0.717) is 19.3 Å². The van der Waals surface area contributed by atoms with Gasteiger partial charge in [-0.15, -0.1) is 0 Å². The van der Waals surface area contributed by atoms with Crippen LogP contribution in [-0.2, 0) is 28.6 Å². The summed E-state index contributed by atoms with van der Waals surface area (Å²) in [7, 11) is 0. The minimum absolute atomic E-state index is 0.0897. The molecule has 0 aliphatic carbocycles. The fourth-order valence-corrected chi connectivity index (χ4v) is 9.69. The number of esters is 3. The molecule has 0 N–H and O–H groups in total. The molecule has 6 heteroatoms. The molecule has 0 saturated carbocycles. The molecule has 0 spiro atoms. The molecule has 474 valence electrons. The molecule has 83 heavy (non-hydrogen) atoms. The van der Waals surface area contributed by atoms with Crippen LogP contribution in [-0.4, -0.2) is 37.2 Å². The molecule has 0 aromatic carbocycles. The monoisotopic (exact) mass is 1150 g/mol. The van der Waals surface area contributed by atoms with Gasteiger partial charge >= 0.3 is 17.9 Å². The van der Waals surface area contributed by atoms with Crippen molar-refractivity contribution in [2.45, 2.75) is 335 Å². The Morgan fingerprint density at radius 1 is 0.253 bits per heavy atom. The number of rotatable bonds is 63. The van der Waals surface area contributed by atoms with Crippen LogP contribution in [0.5, 0.6) is 0 Å². The molecule has 0 heterocycles. The summed E-state index contributed by atoms with van der Waals surface area (Å²) in [5.74, 6) is -0.905. The van der Waals surface area contributed by atoms with E-state index in [1.807, 2.05) is 0 Å². The fourth-order valence-electron chi connectivity index (χ4n) is 9.69. The zero-order valence-electron chi connectivity index (χ0n) is 54.4. The smallest absolute Gasteiger partial charge is 0.306 e. The van der Waals surface area contributed by atoms with Gasteiger partial charge in [0.25, 0.3) is 0 Å². The highest BCUT2D eigenvalue weighted by atomic mass is 16.6. The Labute approximate surface area is 513 Å². The number of unbranched alkanes of at least 4 members (excludes halogenated alkanes) is 32. The summed E-state index contributed by atoms with van der Waals surface area (Å²) in [6, 6.07) is 0. The van der Waals surface area contributed by atoms with Gasteiger partial charge in [-0.05, 0) is 128 Å². The fraction of sp³-hybridized carbons (Fsp3) is 0.701. The molecule has 1 atom stereocenters. The van der Waals surface area contributed by atoms with Gasteiger partial charge in [-0.2, -0.15) is 0 Å². The summed E-state index contributed by atoms with van der Waals surface area (Å²) in [5, 5.41) is 0. The Morgan fingerprint density at radius 2 is 0.494 bits per heavy atom. The Morgan fingerprint density at radius 3 is 0.795 bits per heavy atom. The normalized spacial score (nSPS) is 12.9. The summed E-state index contributed by atoms with van der Waals surface area (Å²) in [6.07, 6.45) is 97.9. The number of ether oxygens (including phenoxy) is 3. The standard InChI is InChI=1S/C77H130O6/c1-4-7-10-13-16-19-22-25-27-29-31-33-35-36-37-38-39-40-42-43-45-47-49-52-55-58-61-64-67-70-76(79)82-73-74(72-81-75(78)69-66-63-60-57-54-51-24-21-18-15-12-9-6-3)83-77(80)71-68-65-62-59-56-53-50-48-46-44-41-34-32-30-28-26-23-20-17-14-11-8-5-2/h7,10,12,15-16,19,21,24-25,27,30-33,36-37,39-40,43,45,74H,4-6,8-9,11,13-14,17-18,20,22-23,26,28-29,34-35,38,41-42,44,46-73H2,1-3H3/b10-7-,15-12-,19-16-,24-21-,27-25-,32-30-,33-31-,37-36-,40-39-,45-43-. The first kappa shape index (κ1) is 78.8. The molecule has 0 rings (SSSR count). The van der Waals surface area contributed by atoms with Crippen molar-refractivity contribution in [2.24, 2.45) is 0 Å². The molecule has 0 aliphatic rings. The summed E-state index contributed by atoms with van der Waals surface area (Å²) >= 11 is 0. The van der Waals surface area contributed by atoms with Crippen molar-refractivity contribution in [1.29, 1.82) is 0 Å². The van der Waals surface area contributed by atoms with E-state index in [2.05, 4.69) is 142 Å². The lowest BCUT2D eigenvalue weighted by molar-refractivity contribution is -0.167. The first-order chi connectivity index (χ1) is 41.0. The van der Waals surface area contributed by atoms with Gasteiger partial charge in [-0.25, -0.2) is 0 Å². The zero-order chi connectivity index (χ0) is 59.9. The van der Waals surface area contributed by atoms with Crippen molar-refractivity contribution < 1.29 is 28.6 Å². The van der Waals surface area contributed by atoms with E-state index in [4.69, 9.17) is 14.2 Å². The quantitative estimate of drug-likeness (QED) is 0.0261. The number of allylic oxidation sites excluding steroid dienone is 20. The SMILES string of the molecule is CC/C=C\C/C=C\C/C=C\C/C=C\C/C=C\C/C=C\C/C=C\CCCCCCCCCC(=O)OCC(COC(=O)CCCCCCC/C=C\C/C=C\CCC)OC(=O)CCCCCCCCCCCCC/C=C\CCCCCCCCCC. The summed E-state index contributed by atoms with van der Waals surface area (Å²) in [4.78, 5) is 38.4. The second kappa shape index (κ2) is 70.3. The van der Waals surface area contributed by atoms with Gasteiger partial charge in [-0.1, -0.05) is 303 Å². The molecular weight excluding hydrogens is 1020 g/mol. The van der Waals surface area contributed by atoms with Crippen LogP contribution in [0.15, 0.2) is 122 Å². The first-order valence-electron chi connectivity index (χ1n) is 35.0. The molecule has 0 saturated heterocycles. The number of hydrogen-bond donors (Lipinski definition) is 0. The maximum Gasteiger partial charge on any atom is 0.306 e. The minimum Gasteiger partial charge on any atom is -0.462 e. The highest BCUT2D eigenvalue weighted by Gasteiger charge is 2.19. The molecule has 0 radical (unpaired) electrons. The minimum atomic E-state index is -0.793. The van der Waals surface area contributed by atoms with Crippen molar-refractivity contribution in [3.63, 3.8) is 0 Å². The van der Waals surface area contributed by atoms with E-state index in [9.17, 15) is 14.4 Å². The van der Waals surface area contributed by atoms with Crippen molar-refractivity contribution in [2.75, 3.05) is 13.2 Å². The topological polar surface area (TPSA) is 78.9 Å². The second-order valence-corrected chi connectivity index (χ2v) is 23.1. The van der Waals surface area contributed by atoms with Gasteiger partial charge in [0.15, 0.2) is 6.10 Å². The predicted molar refractivity (Wildman–Crippen MR) is 362 cm³/mol. The van der Waals surface area contributed by atoms with Crippen LogP contribution < -0.4 is 0 Å². The lowest BCUT2D eigenvalue weighted by Gasteiger charge is -2.18. The van der Waals surface area contributed by atoms with Crippen LogP contribution >= 0.6 is 0 Å².